The fourth-order valence-corrected chi connectivity index (χ4v) is 5.58. The van der Waals surface area contributed by atoms with E-state index in [1.807, 2.05) is 6.07 Å². The van der Waals surface area contributed by atoms with Crippen LogP contribution >= 0.6 is 15.9 Å². The number of benzene rings is 1. The number of nitrogens with zero attached hydrogens (tertiary/aromatic N) is 1. The molecule has 2 atom stereocenters. The third-order valence-electron chi connectivity index (χ3n) is 6.52. The number of aromatic nitrogens is 2. The number of H-pyrrole nitrogens is 1. The van der Waals surface area contributed by atoms with Gasteiger partial charge in [0.25, 0.3) is 6.43 Å². The summed E-state index contributed by atoms with van der Waals surface area (Å²) in [7, 11) is 0. The fourth-order valence-electron chi connectivity index (χ4n) is 5.02. The van der Waals surface area contributed by atoms with Crippen LogP contribution in [0.2, 0.25) is 0 Å². The molecule has 5 nitrogen and oxygen atoms in total. The molecule has 0 aliphatic carbocycles. The Hall–Kier alpha value is -1.51. The Bertz CT molecular complexity index is 897. The van der Waals surface area contributed by atoms with Crippen LogP contribution in [0.3, 0.4) is 0 Å². The average Bonchev–Trinajstić information content (AvgIpc) is 3.18. The number of anilines is 1. The molecule has 3 aliphatic rings. The van der Waals surface area contributed by atoms with Gasteiger partial charge in [0.05, 0.1) is 11.7 Å². The van der Waals surface area contributed by atoms with Crippen molar-refractivity contribution in [1.29, 1.82) is 0 Å². The van der Waals surface area contributed by atoms with Crippen LogP contribution in [0.4, 0.5) is 14.5 Å². The van der Waals surface area contributed by atoms with E-state index < -0.39 is 6.43 Å². The van der Waals surface area contributed by atoms with Crippen molar-refractivity contribution < 1.29 is 13.5 Å². The smallest absolute Gasteiger partial charge is 0.265 e. The molecule has 2 aromatic rings. The summed E-state index contributed by atoms with van der Waals surface area (Å²) in [6.07, 6.45) is 2.27. The minimum atomic E-state index is -2.50. The van der Waals surface area contributed by atoms with Crippen LogP contribution in [0, 0.1) is 5.92 Å². The zero-order valence-electron chi connectivity index (χ0n) is 16.1. The summed E-state index contributed by atoms with van der Waals surface area (Å²) < 4.78 is 32.8. The predicted octanol–water partition coefficient (Wildman–Crippen LogP) is 4.82. The molecule has 4 heterocycles. The number of fused-ring (bicyclic) bond motifs is 2. The molecule has 0 amide bonds. The normalized spacial score (nSPS) is 24.8. The van der Waals surface area contributed by atoms with Crippen LogP contribution in [0.25, 0.3) is 0 Å². The highest BCUT2D eigenvalue weighted by Gasteiger charge is 2.36. The van der Waals surface area contributed by atoms with Gasteiger partial charge < -0.3 is 15.4 Å². The van der Waals surface area contributed by atoms with Crippen molar-refractivity contribution in [3.05, 3.63) is 44.7 Å². The molecule has 0 saturated carbocycles. The van der Waals surface area contributed by atoms with E-state index in [2.05, 4.69) is 31.7 Å². The molecule has 0 radical (unpaired) electrons. The van der Waals surface area contributed by atoms with Crippen LogP contribution < -0.4 is 10.6 Å². The van der Waals surface area contributed by atoms with Crippen LogP contribution in [-0.4, -0.2) is 30.0 Å². The summed E-state index contributed by atoms with van der Waals surface area (Å²) in [6.45, 7) is 2.57. The van der Waals surface area contributed by atoms with Gasteiger partial charge in [-0.3, -0.25) is 5.10 Å². The standard InChI is InChI=1S/C21H25BrF2N4O/c22-14-9-12-1-2-16(26-17(12)10-13(14)21(23)24)20-18-15(27-28-20)3-6-25-19(18)11-4-7-29-8-5-11/h9-11,16,19,21,25-26H,1-8H2,(H,27,28). The van der Waals surface area contributed by atoms with Gasteiger partial charge in [-0.1, -0.05) is 15.9 Å². The van der Waals surface area contributed by atoms with Gasteiger partial charge in [0, 0.05) is 59.2 Å². The lowest BCUT2D eigenvalue weighted by Crippen LogP contribution is -2.38. The molecule has 2 unspecified atom stereocenters. The topological polar surface area (TPSA) is 62.0 Å². The third-order valence-corrected chi connectivity index (χ3v) is 7.21. The number of aryl methyl sites for hydroxylation is 1. The zero-order valence-corrected chi connectivity index (χ0v) is 17.7. The molecule has 1 aromatic carbocycles. The first-order valence-electron chi connectivity index (χ1n) is 10.4. The minimum Gasteiger partial charge on any atom is -0.381 e. The summed E-state index contributed by atoms with van der Waals surface area (Å²) in [5.41, 5.74) is 5.43. The van der Waals surface area contributed by atoms with Crippen molar-refractivity contribution in [2.45, 2.75) is 50.6 Å². The molecule has 1 fully saturated rings. The summed E-state index contributed by atoms with van der Waals surface area (Å²) >= 11 is 3.29. The first-order chi connectivity index (χ1) is 14.1. The maximum atomic E-state index is 13.4. The van der Waals surface area contributed by atoms with Gasteiger partial charge in [-0.15, -0.1) is 0 Å². The minimum absolute atomic E-state index is 0.0245. The van der Waals surface area contributed by atoms with E-state index in [1.54, 1.807) is 6.07 Å². The van der Waals surface area contributed by atoms with E-state index in [4.69, 9.17) is 9.84 Å². The molecule has 156 valence electrons. The van der Waals surface area contributed by atoms with E-state index in [9.17, 15) is 8.78 Å². The van der Waals surface area contributed by atoms with Gasteiger partial charge in [-0.25, -0.2) is 8.78 Å². The Kier molecular flexibility index (Phi) is 5.34. The fraction of sp³-hybridized carbons (Fsp3) is 0.571. The summed E-state index contributed by atoms with van der Waals surface area (Å²) in [4.78, 5) is 0. The maximum absolute atomic E-state index is 13.4. The molecule has 1 saturated heterocycles. The SMILES string of the molecule is FC(F)c1cc2c(cc1Br)CCC(c1n[nH]c3c1C(C1CCOCC1)NCC3)N2. The second-order valence-electron chi connectivity index (χ2n) is 8.20. The van der Waals surface area contributed by atoms with Crippen molar-refractivity contribution in [1.82, 2.24) is 15.5 Å². The van der Waals surface area contributed by atoms with Crippen molar-refractivity contribution in [3.8, 4) is 0 Å². The zero-order chi connectivity index (χ0) is 20.0. The van der Waals surface area contributed by atoms with Crippen LogP contribution in [0.5, 0.6) is 0 Å². The maximum Gasteiger partial charge on any atom is 0.265 e. The quantitative estimate of drug-likeness (QED) is 0.606. The highest BCUT2D eigenvalue weighted by atomic mass is 79.9. The summed E-state index contributed by atoms with van der Waals surface area (Å²) in [6, 6.07) is 3.72. The largest absolute Gasteiger partial charge is 0.381 e. The second-order valence-corrected chi connectivity index (χ2v) is 9.05. The molecule has 0 spiro atoms. The van der Waals surface area contributed by atoms with E-state index in [0.29, 0.717) is 10.4 Å². The van der Waals surface area contributed by atoms with E-state index in [0.717, 1.165) is 68.8 Å². The number of aromatic amines is 1. The molecular weight excluding hydrogens is 442 g/mol. The second kappa shape index (κ2) is 7.96. The Morgan fingerprint density at radius 3 is 2.76 bits per heavy atom. The number of rotatable bonds is 3. The molecule has 29 heavy (non-hydrogen) atoms. The van der Waals surface area contributed by atoms with Crippen LogP contribution in [0.1, 0.15) is 65.8 Å². The monoisotopic (exact) mass is 466 g/mol. The van der Waals surface area contributed by atoms with Crippen molar-refractivity contribution in [2.75, 3.05) is 25.1 Å². The van der Waals surface area contributed by atoms with E-state index in [-0.39, 0.29) is 17.6 Å². The Labute approximate surface area is 177 Å². The molecule has 3 aliphatic heterocycles. The molecular formula is C21H25BrF2N4O. The summed E-state index contributed by atoms with van der Waals surface area (Å²) in [5, 5.41) is 15.2. The van der Waals surface area contributed by atoms with Crippen molar-refractivity contribution in [2.24, 2.45) is 5.92 Å². The number of nitrogens with one attached hydrogen (secondary N) is 3. The average molecular weight is 467 g/mol. The molecule has 0 bridgehead atoms. The van der Waals surface area contributed by atoms with Crippen molar-refractivity contribution >= 4 is 21.6 Å². The van der Waals surface area contributed by atoms with Gasteiger partial charge in [0.2, 0.25) is 0 Å². The highest BCUT2D eigenvalue weighted by molar-refractivity contribution is 9.10. The lowest BCUT2D eigenvalue weighted by molar-refractivity contribution is 0.0526. The van der Waals surface area contributed by atoms with Crippen LogP contribution in [0.15, 0.2) is 16.6 Å². The summed E-state index contributed by atoms with van der Waals surface area (Å²) in [5.74, 6) is 0.538. The number of alkyl halides is 2. The Balaban J connectivity index is 1.46. The lowest BCUT2D eigenvalue weighted by atomic mass is 9.82. The van der Waals surface area contributed by atoms with Gasteiger partial charge in [-0.2, -0.15) is 5.10 Å². The van der Waals surface area contributed by atoms with E-state index in [1.165, 1.54) is 11.3 Å². The van der Waals surface area contributed by atoms with E-state index >= 15 is 0 Å². The molecule has 5 rings (SSSR count). The third kappa shape index (κ3) is 3.59. The number of hydrogen-bond acceptors (Lipinski definition) is 4. The van der Waals surface area contributed by atoms with Gasteiger partial charge >= 0.3 is 0 Å². The number of halogens is 3. The first-order valence-corrected chi connectivity index (χ1v) is 11.2. The first kappa shape index (κ1) is 19.5. The predicted molar refractivity (Wildman–Crippen MR) is 110 cm³/mol. The van der Waals surface area contributed by atoms with Crippen molar-refractivity contribution in [3.63, 3.8) is 0 Å². The molecule has 8 heteroatoms. The highest BCUT2D eigenvalue weighted by Crippen LogP contribution is 2.42. The lowest BCUT2D eigenvalue weighted by Gasteiger charge is -2.36. The van der Waals surface area contributed by atoms with Gasteiger partial charge in [0.15, 0.2) is 0 Å². The van der Waals surface area contributed by atoms with Crippen LogP contribution in [-0.2, 0) is 17.6 Å². The van der Waals surface area contributed by atoms with Gasteiger partial charge in [0.1, 0.15) is 0 Å². The Morgan fingerprint density at radius 1 is 1.14 bits per heavy atom. The van der Waals surface area contributed by atoms with Gasteiger partial charge in [-0.05, 0) is 49.3 Å². The molecule has 3 N–H and O–H groups in total. The Morgan fingerprint density at radius 2 is 1.97 bits per heavy atom. The number of hydrogen-bond donors (Lipinski definition) is 3. The number of ether oxygens (including phenoxy) is 1. The molecule has 1 aromatic heterocycles.